The summed E-state index contributed by atoms with van der Waals surface area (Å²) in [5.74, 6) is -1.90. The van der Waals surface area contributed by atoms with E-state index in [2.05, 4.69) is 11.9 Å². The van der Waals surface area contributed by atoms with E-state index in [-0.39, 0.29) is 18.4 Å². The van der Waals surface area contributed by atoms with Gasteiger partial charge in [0.25, 0.3) is 5.91 Å². The van der Waals surface area contributed by atoms with Gasteiger partial charge in [-0.25, -0.2) is 9.59 Å². The van der Waals surface area contributed by atoms with Gasteiger partial charge >= 0.3 is 11.9 Å². The van der Waals surface area contributed by atoms with Gasteiger partial charge in [0.2, 0.25) is 0 Å². The van der Waals surface area contributed by atoms with Crippen molar-refractivity contribution >= 4 is 17.8 Å². The van der Waals surface area contributed by atoms with E-state index in [9.17, 15) is 14.4 Å². The number of nitrogens with one attached hydrogen (secondary N) is 1. The monoisotopic (exact) mass is 355 g/mol. The van der Waals surface area contributed by atoms with Crippen LogP contribution in [0.3, 0.4) is 0 Å². The second kappa shape index (κ2) is 11.4. The Morgan fingerprint density at radius 1 is 1.16 bits per heavy atom. The molecule has 0 aliphatic heterocycles. The first kappa shape index (κ1) is 22.9. The molecule has 0 aromatic heterocycles. The highest BCUT2D eigenvalue weighted by atomic mass is 16.6. The zero-order valence-corrected chi connectivity index (χ0v) is 15.7. The van der Waals surface area contributed by atoms with Crippen LogP contribution in [0.15, 0.2) is 24.3 Å². The van der Waals surface area contributed by atoms with Crippen LogP contribution in [0, 0.1) is 0 Å². The van der Waals surface area contributed by atoms with Crippen LogP contribution in [-0.4, -0.2) is 42.9 Å². The van der Waals surface area contributed by atoms with Crippen molar-refractivity contribution in [3.8, 4) is 0 Å². The Balaban J connectivity index is 4.45. The number of carbonyl (C=O) groups excluding carboxylic acids is 3. The van der Waals surface area contributed by atoms with Gasteiger partial charge in [-0.05, 0) is 34.1 Å². The van der Waals surface area contributed by atoms with Crippen LogP contribution < -0.4 is 5.32 Å². The molecule has 0 aliphatic rings. The second-order valence-corrected chi connectivity index (χ2v) is 6.14. The normalized spacial score (nSPS) is 11.4. The molecule has 0 saturated heterocycles. The number of hydrogen-bond acceptors (Lipinski definition) is 6. The van der Waals surface area contributed by atoms with Crippen molar-refractivity contribution in [3.05, 3.63) is 24.3 Å². The van der Waals surface area contributed by atoms with Crippen molar-refractivity contribution in [3.63, 3.8) is 0 Å². The summed E-state index contributed by atoms with van der Waals surface area (Å²) < 4.78 is 15.3. The number of ether oxygens (including phenoxy) is 3. The van der Waals surface area contributed by atoms with Crippen molar-refractivity contribution in [1.82, 2.24) is 5.32 Å². The maximum absolute atomic E-state index is 12.0. The zero-order chi connectivity index (χ0) is 19.5. The van der Waals surface area contributed by atoms with Crippen LogP contribution >= 0.6 is 0 Å². The molecule has 0 spiro atoms. The van der Waals surface area contributed by atoms with Crippen molar-refractivity contribution in [2.75, 3.05) is 13.3 Å². The summed E-state index contributed by atoms with van der Waals surface area (Å²) in [5.41, 5.74) is -1.17. The molecule has 0 unspecified atom stereocenters. The molecular formula is C18H29NO6. The number of carbonyl (C=O) groups is 3. The third kappa shape index (κ3) is 10.3. The molecule has 0 aromatic carbocycles. The number of unbranched alkanes of at least 4 members (excludes halogenated alkanes) is 1. The molecule has 25 heavy (non-hydrogen) atoms. The predicted molar refractivity (Wildman–Crippen MR) is 93.5 cm³/mol. The summed E-state index contributed by atoms with van der Waals surface area (Å²) in [5, 5.41) is 2.55. The molecule has 0 atom stereocenters. The van der Waals surface area contributed by atoms with E-state index in [0.29, 0.717) is 6.61 Å². The summed E-state index contributed by atoms with van der Waals surface area (Å²) in [7, 11) is 0. The third-order valence-corrected chi connectivity index (χ3v) is 3.04. The number of rotatable bonds is 11. The van der Waals surface area contributed by atoms with Crippen molar-refractivity contribution in [1.29, 1.82) is 0 Å². The topological polar surface area (TPSA) is 90.9 Å². The fourth-order valence-corrected chi connectivity index (χ4v) is 1.57. The molecular weight excluding hydrogens is 326 g/mol. The Labute approximate surface area is 149 Å². The van der Waals surface area contributed by atoms with Crippen LogP contribution in [-0.2, 0) is 28.6 Å². The fourth-order valence-electron chi connectivity index (χ4n) is 1.57. The van der Waals surface area contributed by atoms with Gasteiger partial charge in [-0.3, -0.25) is 4.79 Å². The first-order valence-corrected chi connectivity index (χ1v) is 8.27. The SMILES string of the molecule is C=C(C(=O)NCOCCCC)C(C)(C)OC(=O)/C=C/C(=O)OC(C)C. The predicted octanol–water partition coefficient (Wildman–Crippen LogP) is 2.26. The zero-order valence-electron chi connectivity index (χ0n) is 15.7. The molecule has 1 amide bonds. The van der Waals surface area contributed by atoms with Crippen molar-refractivity contribution < 1.29 is 28.6 Å². The summed E-state index contributed by atoms with van der Waals surface area (Å²) in [6.07, 6.45) is 3.55. The fraction of sp³-hybridized carbons (Fsp3) is 0.611. The van der Waals surface area contributed by atoms with Gasteiger partial charge in [-0.1, -0.05) is 19.9 Å². The lowest BCUT2D eigenvalue weighted by atomic mass is 9.99. The summed E-state index contributed by atoms with van der Waals surface area (Å²) in [6, 6.07) is 0. The smallest absolute Gasteiger partial charge is 0.331 e. The minimum absolute atomic E-state index is 0.0584. The third-order valence-electron chi connectivity index (χ3n) is 3.04. The minimum atomic E-state index is -1.24. The van der Waals surface area contributed by atoms with Gasteiger partial charge in [-0.15, -0.1) is 0 Å². The summed E-state index contributed by atoms with van der Waals surface area (Å²) in [4.78, 5) is 35.2. The van der Waals surface area contributed by atoms with E-state index in [0.717, 1.165) is 25.0 Å². The Morgan fingerprint density at radius 3 is 2.32 bits per heavy atom. The van der Waals surface area contributed by atoms with Crippen LogP contribution in [0.2, 0.25) is 0 Å². The minimum Gasteiger partial charge on any atom is -0.460 e. The van der Waals surface area contributed by atoms with Gasteiger partial charge in [0.1, 0.15) is 12.3 Å². The maximum atomic E-state index is 12.0. The summed E-state index contributed by atoms with van der Waals surface area (Å²) in [6.45, 7) is 12.8. The van der Waals surface area contributed by atoms with E-state index in [1.807, 2.05) is 6.92 Å². The molecule has 0 aromatic rings. The highest BCUT2D eigenvalue weighted by Gasteiger charge is 2.30. The summed E-state index contributed by atoms with van der Waals surface area (Å²) >= 11 is 0. The molecule has 0 rings (SSSR count). The van der Waals surface area contributed by atoms with E-state index in [4.69, 9.17) is 14.2 Å². The van der Waals surface area contributed by atoms with Crippen LogP contribution in [0.4, 0.5) is 0 Å². The molecule has 0 saturated carbocycles. The van der Waals surface area contributed by atoms with E-state index in [1.165, 1.54) is 13.8 Å². The van der Waals surface area contributed by atoms with Crippen LogP contribution in [0.5, 0.6) is 0 Å². The van der Waals surface area contributed by atoms with Crippen LogP contribution in [0.25, 0.3) is 0 Å². The Kier molecular flexibility index (Phi) is 10.4. The van der Waals surface area contributed by atoms with Gasteiger partial charge in [-0.2, -0.15) is 0 Å². The van der Waals surface area contributed by atoms with Crippen molar-refractivity contribution in [2.45, 2.75) is 59.2 Å². The molecule has 0 aliphatic carbocycles. The van der Waals surface area contributed by atoms with Gasteiger partial charge < -0.3 is 19.5 Å². The first-order valence-electron chi connectivity index (χ1n) is 8.27. The maximum Gasteiger partial charge on any atom is 0.331 e. The molecule has 7 nitrogen and oxygen atoms in total. The lowest BCUT2D eigenvalue weighted by molar-refractivity contribution is -0.149. The number of hydrogen-bond donors (Lipinski definition) is 1. The molecule has 7 heteroatoms. The van der Waals surface area contributed by atoms with Crippen LogP contribution in [0.1, 0.15) is 47.5 Å². The highest BCUT2D eigenvalue weighted by Crippen LogP contribution is 2.19. The average molecular weight is 355 g/mol. The molecule has 0 heterocycles. The van der Waals surface area contributed by atoms with Crippen molar-refractivity contribution in [2.24, 2.45) is 0 Å². The first-order chi connectivity index (χ1) is 11.6. The van der Waals surface area contributed by atoms with E-state index < -0.39 is 23.4 Å². The quantitative estimate of drug-likeness (QED) is 0.265. The Morgan fingerprint density at radius 2 is 1.76 bits per heavy atom. The largest absolute Gasteiger partial charge is 0.460 e. The molecule has 1 N–H and O–H groups in total. The lowest BCUT2D eigenvalue weighted by Crippen LogP contribution is -2.39. The standard InChI is InChI=1S/C18H29NO6/c1-7-8-11-23-12-19-17(22)14(4)18(5,6)25-16(21)10-9-15(20)24-13(2)3/h9-10,13H,4,7-8,11-12H2,1-3,5-6H3,(H,19,22)/b10-9+. The number of amides is 1. The highest BCUT2D eigenvalue weighted by molar-refractivity contribution is 5.96. The van der Waals surface area contributed by atoms with Gasteiger partial charge in [0.15, 0.2) is 0 Å². The Bertz CT molecular complexity index is 508. The second-order valence-electron chi connectivity index (χ2n) is 6.14. The van der Waals surface area contributed by atoms with E-state index >= 15 is 0 Å². The molecule has 0 bridgehead atoms. The lowest BCUT2D eigenvalue weighted by Gasteiger charge is -2.26. The van der Waals surface area contributed by atoms with Gasteiger partial charge in [0.05, 0.1) is 11.7 Å². The van der Waals surface area contributed by atoms with E-state index in [1.54, 1.807) is 13.8 Å². The number of esters is 2. The molecule has 0 radical (unpaired) electrons. The van der Waals surface area contributed by atoms with Gasteiger partial charge in [0, 0.05) is 18.8 Å². The average Bonchev–Trinajstić information content (AvgIpc) is 2.50. The molecule has 142 valence electrons. The Hall–Kier alpha value is -2.15. The molecule has 0 fully saturated rings.